The van der Waals surface area contributed by atoms with Gasteiger partial charge in [0.05, 0.1) is 6.42 Å². The Morgan fingerprint density at radius 3 is 2.58 bits per heavy atom. The summed E-state index contributed by atoms with van der Waals surface area (Å²) in [6.07, 6.45) is 3.78. The van der Waals surface area contributed by atoms with Crippen LogP contribution in [0.1, 0.15) is 31.2 Å². The van der Waals surface area contributed by atoms with Crippen LogP contribution in [0, 0.1) is 11.7 Å². The van der Waals surface area contributed by atoms with E-state index in [1.807, 2.05) is 0 Å². The van der Waals surface area contributed by atoms with Crippen LogP contribution in [0.4, 0.5) is 4.39 Å². The molecule has 0 saturated heterocycles. The Morgan fingerprint density at radius 1 is 1.26 bits per heavy atom. The molecule has 0 spiro atoms. The van der Waals surface area contributed by atoms with Gasteiger partial charge >= 0.3 is 0 Å². The monoisotopic (exact) mass is 265 g/mol. The molecular formula is C15H20FNO2. The summed E-state index contributed by atoms with van der Waals surface area (Å²) >= 11 is 0. The fraction of sp³-hybridized carbons (Fsp3) is 0.533. The van der Waals surface area contributed by atoms with Crippen LogP contribution in [0.15, 0.2) is 24.3 Å². The number of carbonyl (C=O) groups excluding carboxylic acids is 1. The van der Waals surface area contributed by atoms with Gasteiger partial charge in [-0.25, -0.2) is 4.39 Å². The topological polar surface area (TPSA) is 49.3 Å². The molecule has 0 atom stereocenters. The molecule has 3 nitrogen and oxygen atoms in total. The SMILES string of the molecule is O=C(Cc1ccccc1F)NC1CCC(CO)CC1. The van der Waals surface area contributed by atoms with E-state index in [4.69, 9.17) is 5.11 Å². The van der Waals surface area contributed by atoms with Crippen LogP contribution < -0.4 is 5.32 Å². The standard InChI is InChI=1S/C15H20FNO2/c16-14-4-2-1-3-12(14)9-15(19)17-13-7-5-11(10-18)6-8-13/h1-4,11,13,18H,5-10H2,(H,17,19). The molecule has 19 heavy (non-hydrogen) atoms. The molecule has 0 aromatic heterocycles. The summed E-state index contributed by atoms with van der Waals surface area (Å²) in [6, 6.07) is 6.53. The lowest BCUT2D eigenvalue weighted by atomic mass is 9.86. The lowest BCUT2D eigenvalue weighted by Gasteiger charge is -2.28. The van der Waals surface area contributed by atoms with Crippen molar-refractivity contribution in [2.24, 2.45) is 5.92 Å². The Balaban J connectivity index is 1.81. The van der Waals surface area contributed by atoms with E-state index in [1.54, 1.807) is 18.2 Å². The molecule has 0 bridgehead atoms. The van der Waals surface area contributed by atoms with Gasteiger partial charge in [-0.05, 0) is 43.2 Å². The van der Waals surface area contributed by atoms with Crippen molar-refractivity contribution in [3.05, 3.63) is 35.6 Å². The highest BCUT2D eigenvalue weighted by molar-refractivity contribution is 5.78. The summed E-state index contributed by atoms with van der Waals surface area (Å²) in [5.41, 5.74) is 0.434. The van der Waals surface area contributed by atoms with E-state index in [0.717, 1.165) is 25.7 Å². The zero-order valence-electron chi connectivity index (χ0n) is 10.9. The summed E-state index contributed by atoms with van der Waals surface area (Å²) in [5.74, 6) is -0.0843. The molecule has 0 radical (unpaired) electrons. The minimum atomic E-state index is -0.332. The summed E-state index contributed by atoms with van der Waals surface area (Å²) in [7, 11) is 0. The number of amides is 1. The largest absolute Gasteiger partial charge is 0.396 e. The molecule has 2 rings (SSSR count). The Bertz CT molecular complexity index is 428. The van der Waals surface area contributed by atoms with E-state index in [-0.39, 0.29) is 30.8 Å². The van der Waals surface area contributed by atoms with Crippen LogP contribution >= 0.6 is 0 Å². The van der Waals surface area contributed by atoms with E-state index >= 15 is 0 Å². The predicted molar refractivity (Wildman–Crippen MR) is 71.1 cm³/mol. The van der Waals surface area contributed by atoms with E-state index in [9.17, 15) is 9.18 Å². The van der Waals surface area contributed by atoms with Gasteiger partial charge in [0.25, 0.3) is 0 Å². The Hall–Kier alpha value is -1.42. The third-order valence-electron chi connectivity index (χ3n) is 3.78. The maximum absolute atomic E-state index is 13.4. The van der Waals surface area contributed by atoms with Gasteiger partial charge in [-0.3, -0.25) is 4.79 Å². The van der Waals surface area contributed by atoms with E-state index < -0.39 is 0 Å². The Labute approximate surface area is 112 Å². The second-order valence-electron chi connectivity index (χ2n) is 5.24. The molecule has 104 valence electrons. The van der Waals surface area contributed by atoms with E-state index in [2.05, 4.69) is 5.32 Å². The summed E-state index contributed by atoms with van der Waals surface area (Å²) in [6.45, 7) is 0.232. The minimum Gasteiger partial charge on any atom is -0.396 e. The zero-order valence-corrected chi connectivity index (χ0v) is 10.9. The Kier molecular flexibility index (Phi) is 4.91. The first-order valence-electron chi connectivity index (χ1n) is 6.82. The number of benzene rings is 1. The number of carbonyl (C=O) groups is 1. The molecule has 1 aliphatic carbocycles. The van der Waals surface area contributed by atoms with Crippen molar-refractivity contribution in [2.45, 2.75) is 38.1 Å². The van der Waals surface area contributed by atoms with Crippen molar-refractivity contribution >= 4 is 5.91 Å². The van der Waals surface area contributed by atoms with Gasteiger partial charge in [-0.1, -0.05) is 18.2 Å². The van der Waals surface area contributed by atoms with Crippen LogP contribution in [-0.2, 0) is 11.2 Å². The number of nitrogens with one attached hydrogen (secondary N) is 1. The van der Waals surface area contributed by atoms with Crippen molar-refractivity contribution in [3.8, 4) is 0 Å². The molecule has 1 aromatic carbocycles. The van der Waals surface area contributed by atoms with E-state index in [0.29, 0.717) is 11.5 Å². The maximum Gasteiger partial charge on any atom is 0.224 e. The van der Waals surface area contributed by atoms with Gasteiger partial charge in [-0.15, -0.1) is 0 Å². The molecule has 1 aliphatic rings. The quantitative estimate of drug-likeness (QED) is 0.875. The number of rotatable bonds is 4. The van der Waals surface area contributed by atoms with Gasteiger partial charge in [0, 0.05) is 12.6 Å². The number of hydrogen-bond donors (Lipinski definition) is 2. The van der Waals surface area contributed by atoms with Crippen LogP contribution in [0.25, 0.3) is 0 Å². The summed E-state index contributed by atoms with van der Waals surface area (Å²) in [4.78, 5) is 11.9. The lowest BCUT2D eigenvalue weighted by Crippen LogP contribution is -2.38. The third-order valence-corrected chi connectivity index (χ3v) is 3.78. The van der Waals surface area contributed by atoms with Crippen LogP contribution in [-0.4, -0.2) is 23.7 Å². The maximum atomic E-state index is 13.4. The average molecular weight is 265 g/mol. The zero-order chi connectivity index (χ0) is 13.7. The van der Waals surface area contributed by atoms with Crippen LogP contribution in [0.2, 0.25) is 0 Å². The van der Waals surface area contributed by atoms with Gasteiger partial charge < -0.3 is 10.4 Å². The molecule has 1 fully saturated rings. The smallest absolute Gasteiger partial charge is 0.224 e. The second kappa shape index (κ2) is 6.66. The number of aliphatic hydroxyl groups excluding tert-OH is 1. The summed E-state index contributed by atoms with van der Waals surface area (Å²) in [5, 5.41) is 12.0. The number of aliphatic hydroxyl groups is 1. The number of hydrogen-bond acceptors (Lipinski definition) is 2. The van der Waals surface area contributed by atoms with Gasteiger partial charge in [0.15, 0.2) is 0 Å². The van der Waals surface area contributed by atoms with Crippen molar-refractivity contribution in [2.75, 3.05) is 6.61 Å². The first-order chi connectivity index (χ1) is 9.19. The molecule has 1 aromatic rings. The highest BCUT2D eigenvalue weighted by Gasteiger charge is 2.22. The van der Waals surface area contributed by atoms with Crippen molar-refractivity contribution in [1.29, 1.82) is 0 Å². The first-order valence-corrected chi connectivity index (χ1v) is 6.82. The van der Waals surface area contributed by atoms with Crippen molar-refractivity contribution in [1.82, 2.24) is 5.32 Å². The highest BCUT2D eigenvalue weighted by Crippen LogP contribution is 2.23. The second-order valence-corrected chi connectivity index (χ2v) is 5.24. The van der Waals surface area contributed by atoms with Gasteiger partial charge in [-0.2, -0.15) is 0 Å². The van der Waals surface area contributed by atoms with E-state index in [1.165, 1.54) is 6.07 Å². The minimum absolute atomic E-state index is 0.0899. The first kappa shape index (κ1) is 14.0. The van der Waals surface area contributed by atoms with Crippen LogP contribution in [0.5, 0.6) is 0 Å². The predicted octanol–water partition coefficient (Wildman–Crippen LogP) is 2.04. The van der Waals surface area contributed by atoms with Gasteiger partial charge in [0.1, 0.15) is 5.82 Å². The van der Waals surface area contributed by atoms with Gasteiger partial charge in [0.2, 0.25) is 5.91 Å². The van der Waals surface area contributed by atoms with Crippen molar-refractivity contribution in [3.63, 3.8) is 0 Å². The fourth-order valence-electron chi connectivity index (χ4n) is 2.58. The highest BCUT2D eigenvalue weighted by atomic mass is 19.1. The Morgan fingerprint density at radius 2 is 1.95 bits per heavy atom. The van der Waals surface area contributed by atoms with Crippen molar-refractivity contribution < 1.29 is 14.3 Å². The molecule has 1 saturated carbocycles. The molecule has 2 N–H and O–H groups in total. The average Bonchev–Trinajstić information content (AvgIpc) is 2.42. The fourth-order valence-corrected chi connectivity index (χ4v) is 2.58. The molecular weight excluding hydrogens is 245 g/mol. The molecule has 0 aliphatic heterocycles. The molecule has 4 heteroatoms. The van der Waals surface area contributed by atoms with Crippen LogP contribution in [0.3, 0.4) is 0 Å². The number of halogens is 1. The third kappa shape index (κ3) is 4.03. The normalized spacial score (nSPS) is 23.1. The lowest BCUT2D eigenvalue weighted by molar-refractivity contribution is -0.121. The molecule has 1 amide bonds. The molecule has 0 unspecified atom stereocenters. The summed E-state index contributed by atoms with van der Waals surface area (Å²) < 4.78 is 13.4. The molecule has 0 heterocycles.